The van der Waals surface area contributed by atoms with Crippen molar-refractivity contribution in [3.63, 3.8) is 0 Å². The van der Waals surface area contributed by atoms with E-state index in [-0.39, 0.29) is 11.9 Å². The molecule has 0 aliphatic heterocycles. The normalized spacial score (nSPS) is 11.8. The van der Waals surface area contributed by atoms with Crippen molar-refractivity contribution in [3.05, 3.63) is 0 Å². The lowest BCUT2D eigenvalue weighted by molar-refractivity contribution is -0.146. The molecule has 0 fully saturated rings. The highest BCUT2D eigenvalue weighted by Gasteiger charge is 2.07. The highest BCUT2D eigenvalue weighted by Crippen LogP contribution is 1.86. The van der Waals surface area contributed by atoms with E-state index in [1.165, 1.54) is 0 Å². The smallest absolute Gasteiger partial charge is 0.332 e. The van der Waals surface area contributed by atoms with Crippen LogP contribution in [0.5, 0.6) is 0 Å². The molecule has 0 amide bonds. The fraction of sp³-hybridized carbons (Fsp3) is 0.750. The van der Waals surface area contributed by atoms with Crippen molar-refractivity contribution in [1.29, 1.82) is 0 Å². The molecule has 50 valence electrons. The summed E-state index contributed by atoms with van der Waals surface area (Å²) in [6.07, 6.45) is -0.907. The first-order valence-electron chi connectivity index (χ1n) is 2.09. The lowest BCUT2D eigenvalue weighted by Gasteiger charge is -1.95. The Balaban J connectivity index is 0. The van der Waals surface area contributed by atoms with Crippen molar-refractivity contribution in [1.82, 2.24) is 0 Å². The van der Waals surface area contributed by atoms with Crippen LogP contribution in [0.25, 0.3) is 0 Å². The van der Waals surface area contributed by atoms with Crippen LogP contribution in [0.1, 0.15) is 13.3 Å². The average molecular weight is 122 g/mol. The zero-order chi connectivity index (χ0) is 5.86. The van der Waals surface area contributed by atoms with E-state index in [0.717, 1.165) is 0 Å². The predicted octanol–water partition coefficient (Wildman–Crippen LogP) is -0.983. The summed E-state index contributed by atoms with van der Waals surface area (Å²) in [6, 6.07) is 0. The third kappa shape index (κ3) is 3.58. The van der Waals surface area contributed by atoms with Crippen molar-refractivity contribution >= 4 is 5.97 Å². The largest absolute Gasteiger partial charge is 0.479 e. The minimum atomic E-state index is -1.18. The molecule has 0 radical (unpaired) electrons. The van der Waals surface area contributed by atoms with Gasteiger partial charge in [0.1, 0.15) is 0 Å². The molecule has 0 aliphatic rings. The summed E-state index contributed by atoms with van der Waals surface area (Å²) in [6.45, 7) is 1.61. The fourth-order valence-corrected chi connectivity index (χ4v) is 0.175. The molecule has 0 bridgehead atoms. The zero-order valence-corrected chi connectivity index (χ0v) is 4.59. The Bertz CT molecular complexity index is 70.4. The van der Waals surface area contributed by atoms with Gasteiger partial charge in [0.15, 0.2) is 6.10 Å². The highest BCUT2D eigenvalue weighted by atomic mass is 16.4. The maximum atomic E-state index is 9.68. The number of rotatable bonds is 2. The summed E-state index contributed by atoms with van der Waals surface area (Å²) in [4.78, 5) is 9.68. The van der Waals surface area contributed by atoms with Gasteiger partial charge in [-0.05, 0) is 6.42 Å². The minimum Gasteiger partial charge on any atom is -0.479 e. The Morgan fingerprint density at radius 2 is 2.12 bits per heavy atom. The van der Waals surface area contributed by atoms with Gasteiger partial charge in [-0.25, -0.2) is 4.79 Å². The van der Waals surface area contributed by atoms with Crippen LogP contribution < -0.4 is 0 Å². The summed E-state index contributed by atoms with van der Waals surface area (Å²) < 4.78 is 0. The van der Waals surface area contributed by atoms with Gasteiger partial charge in [-0.15, -0.1) is 0 Å². The number of aliphatic hydroxyl groups is 1. The predicted molar refractivity (Wildman–Crippen MR) is 27.5 cm³/mol. The molecule has 4 nitrogen and oxygen atoms in total. The Morgan fingerprint density at radius 1 is 1.75 bits per heavy atom. The molecule has 0 spiro atoms. The number of carbonyl (C=O) groups is 1. The molecule has 4 heteroatoms. The number of aliphatic hydroxyl groups excluding tert-OH is 1. The molecule has 1 unspecified atom stereocenters. The first-order chi connectivity index (χ1) is 3.18. The Kier molecular flexibility index (Phi) is 5.90. The van der Waals surface area contributed by atoms with Crippen molar-refractivity contribution in [2.24, 2.45) is 0 Å². The third-order valence-corrected chi connectivity index (χ3v) is 0.672. The molecule has 0 aliphatic carbocycles. The van der Waals surface area contributed by atoms with Crippen LogP contribution in [0.3, 0.4) is 0 Å². The topological polar surface area (TPSA) is 89.0 Å². The summed E-state index contributed by atoms with van der Waals surface area (Å²) in [5.74, 6) is -1.15. The second-order valence-corrected chi connectivity index (χ2v) is 1.26. The Hall–Kier alpha value is -0.610. The molecule has 4 N–H and O–H groups in total. The maximum absolute atomic E-state index is 9.68. The molecule has 0 aromatic rings. The van der Waals surface area contributed by atoms with Crippen LogP contribution in [0.15, 0.2) is 0 Å². The van der Waals surface area contributed by atoms with E-state index in [1.54, 1.807) is 6.92 Å². The van der Waals surface area contributed by atoms with Crippen LogP contribution in [0, 0.1) is 0 Å². The lowest BCUT2D eigenvalue weighted by atomic mass is 10.3. The molecule has 1 atom stereocenters. The molecule has 0 heterocycles. The molecular weight excluding hydrogens is 112 g/mol. The van der Waals surface area contributed by atoms with E-state index < -0.39 is 12.1 Å². The molecular formula is C4H10O4. The summed E-state index contributed by atoms with van der Waals surface area (Å²) in [5, 5.41) is 16.3. The highest BCUT2D eigenvalue weighted by molar-refractivity contribution is 5.71. The lowest BCUT2D eigenvalue weighted by Crippen LogP contribution is -2.17. The number of aliphatic carboxylic acids is 1. The summed E-state index contributed by atoms with van der Waals surface area (Å²) >= 11 is 0. The van der Waals surface area contributed by atoms with Gasteiger partial charge < -0.3 is 15.7 Å². The van der Waals surface area contributed by atoms with Crippen LogP contribution in [0.4, 0.5) is 0 Å². The molecule has 8 heavy (non-hydrogen) atoms. The van der Waals surface area contributed by atoms with Gasteiger partial charge in [0.05, 0.1) is 0 Å². The van der Waals surface area contributed by atoms with Crippen LogP contribution in [0.2, 0.25) is 0 Å². The number of carboxylic acid groups (broad SMARTS) is 1. The standard InChI is InChI=1S/C4H8O3.H2O/c1-2-3(5)4(6)7;/h3,5H,2H2,1H3,(H,6,7);1H2. The van der Waals surface area contributed by atoms with E-state index in [9.17, 15) is 4.79 Å². The van der Waals surface area contributed by atoms with Gasteiger partial charge in [-0.2, -0.15) is 0 Å². The Morgan fingerprint density at radius 3 is 2.12 bits per heavy atom. The fourth-order valence-electron chi connectivity index (χ4n) is 0.175. The SMILES string of the molecule is CCC(O)C(=O)O.O. The van der Waals surface area contributed by atoms with Crippen molar-refractivity contribution in [2.75, 3.05) is 0 Å². The van der Waals surface area contributed by atoms with E-state index in [4.69, 9.17) is 10.2 Å². The summed E-state index contributed by atoms with van der Waals surface area (Å²) in [7, 11) is 0. The van der Waals surface area contributed by atoms with E-state index in [2.05, 4.69) is 0 Å². The quantitative estimate of drug-likeness (QED) is 0.493. The molecule has 0 saturated carbocycles. The van der Waals surface area contributed by atoms with Gasteiger partial charge in [0, 0.05) is 0 Å². The van der Waals surface area contributed by atoms with Gasteiger partial charge in [0.2, 0.25) is 0 Å². The van der Waals surface area contributed by atoms with Crippen LogP contribution in [-0.4, -0.2) is 27.8 Å². The molecule has 0 saturated heterocycles. The van der Waals surface area contributed by atoms with Gasteiger partial charge >= 0.3 is 5.97 Å². The number of hydrogen-bond donors (Lipinski definition) is 2. The molecule has 0 aromatic carbocycles. The third-order valence-electron chi connectivity index (χ3n) is 0.672. The second-order valence-electron chi connectivity index (χ2n) is 1.26. The van der Waals surface area contributed by atoms with Gasteiger partial charge in [-0.3, -0.25) is 0 Å². The Labute approximate surface area is 47.1 Å². The van der Waals surface area contributed by atoms with E-state index >= 15 is 0 Å². The van der Waals surface area contributed by atoms with E-state index in [1.807, 2.05) is 0 Å². The van der Waals surface area contributed by atoms with Crippen LogP contribution >= 0.6 is 0 Å². The van der Waals surface area contributed by atoms with Gasteiger partial charge in [-0.1, -0.05) is 6.92 Å². The van der Waals surface area contributed by atoms with Gasteiger partial charge in [0.25, 0.3) is 0 Å². The zero-order valence-electron chi connectivity index (χ0n) is 4.59. The van der Waals surface area contributed by atoms with Crippen molar-refractivity contribution in [2.45, 2.75) is 19.4 Å². The first kappa shape index (κ1) is 10.4. The van der Waals surface area contributed by atoms with Crippen molar-refractivity contribution in [3.8, 4) is 0 Å². The number of carboxylic acids is 1. The van der Waals surface area contributed by atoms with Crippen LogP contribution in [-0.2, 0) is 4.79 Å². The maximum Gasteiger partial charge on any atom is 0.332 e. The second kappa shape index (κ2) is 4.55. The molecule has 0 rings (SSSR count). The first-order valence-corrected chi connectivity index (χ1v) is 2.09. The minimum absolute atomic E-state index is 0. The average Bonchev–Trinajstić information content (AvgIpc) is 1.65. The van der Waals surface area contributed by atoms with Crippen molar-refractivity contribution < 1.29 is 20.5 Å². The monoisotopic (exact) mass is 122 g/mol. The van der Waals surface area contributed by atoms with E-state index in [0.29, 0.717) is 0 Å². The molecule has 0 aromatic heterocycles. The summed E-state index contributed by atoms with van der Waals surface area (Å²) in [5.41, 5.74) is 0. The number of hydrogen-bond acceptors (Lipinski definition) is 2.